The van der Waals surface area contributed by atoms with Gasteiger partial charge in [0.1, 0.15) is 5.75 Å². The van der Waals surface area contributed by atoms with Crippen LogP contribution in [0.4, 0.5) is 29.3 Å². The normalized spacial score (nSPS) is 11.3. The summed E-state index contributed by atoms with van der Waals surface area (Å²) >= 11 is 3.19. The zero-order valence-electron chi connectivity index (χ0n) is 10.9. The molecule has 0 saturated heterocycles. The standard InChI is InChI=1S/C14H10BrF3N2O2/c15-9-3-1-2-4-10(9)20(13(19)22)11-7-8(14(16,17)18)5-6-12(11)21/h1-7,21H,(H2,19,22). The van der Waals surface area contributed by atoms with Gasteiger partial charge in [-0.1, -0.05) is 12.1 Å². The molecule has 4 nitrogen and oxygen atoms in total. The number of phenols is 1. The van der Waals surface area contributed by atoms with Crippen molar-refractivity contribution in [2.24, 2.45) is 5.73 Å². The number of primary amides is 1. The van der Waals surface area contributed by atoms with Crippen molar-refractivity contribution in [1.82, 2.24) is 0 Å². The van der Waals surface area contributed by atoms with E-state index in [4.69, 9.17) is 5.73 Å². The fraction of sp³-hybridized carbons (Fsp3) is 0.0714. The maximum atomic E-state index is 12.8. The van der Waals surface area contributed by atoms with Gasteiger partial charge in [0.05, 0.1) is 16.9 Å². The van der Waals surface area contributed by atoms with Gasteiger partial charge in [0.2, 0.25) is 0 Å². The molecule has 2 amide bonds. The van der Waals surface area contributed by atoms with Gasteiger partial charge < -0.3 is 10.8 Å². The van der Waals surface area contributed by atoms with E-state index in [-0.39, 0.29) is 11.4 Å². The molecule has 0 heterocycles. The van der Waals surface area contributed by atoms with Crippen LogP contribution in [0.5, 0.6) is 5.75 Å². The Kier molecular flexibility index (Phi) is 4.32. The zero-order chi connectivity index (χ0) is 16.5. The summed E-state index contributed by atoms with van der Waals surface area (Å²) in [5, 5.41) is 9.84. The third-order valence-corrected chi connectivity index (χ3v) is 3.53. The minimum atomic E-state index is -4.61. The Morgan fingerprint density at radius 3 is 2.32 bits per heavy atom. The number of phenolic OH excluding ortho intramolecular Hbond substituents is 1. The molecule has 0 spiro atoms. The first-order valence-electron chi connectivity index (χ1n) is 5.96. The number of alkyl halides is 3. The van der Waals surface area contributed by atoms with E-state index in [1.54, 1.807) is 18.2 Å². The molecule has 0 atom stereocenters. The van der Waals surface area contributed by atoms with Crippen LogP contribution in [-0.4, -0.2) is 11.1 Å². The Labute approximate surface area is 132 Å². The quantitative estimate of drug-likeness (QED) is 0.818. The number of aromatic hydroxyl groups is 1. The lowest BCUT2D eigenvalue weighted by atomic mass is 10.1. The van der Waals surface area contributed by atoms with Crippen molar-refractivity contribution in [1.29, 1.82) is 0 Å². The van der Waals surface area contributed by atoms with Crippen molar-refractivity contribution in [3.05, 3.63) is 52.5 Å². The highest BCUT2D eigenvalue weighted by molar-refractivity contribution is 9.10. The number of carbonyl (C=O) groups is 1. The number of urea groups is 1. The van der Waals surface area contributed by atoms with E-state index in [9.17, 15) is 23.1 Å². The summed E-state index contributed by atoms with van der Waals surface area (Å²) in [4.78, 5) is 12.5. The Balaban J connectivity index is 2.64. The maximum absolute atomic E-state index is 12.8. The van der Waals surface area contributed by atoms with Crippen LogP contribution in [0.3, 0.4) is 0 Å². The number of amides is 2. The van der Waals surface area contributed by atoms with E-state index in [1.807, 2.05) is 0 Å². The van der Waals surface area contributed by atoms with Crippen molar-refractivity contribution in [3.8, 4) is 5.75 Å². The van der Waals surface area contributed by atoms with Gasteiger partial charge in [0.15, 0.2) is 0 Å². The summed E-state index contributed by atoms with van der Waals surface area (Å²) in [6.45, 7) is 0. The molecular formula is C14H10BrF3N2O2. The van der Waals surface area contributed by atoms with E-state index in [0.717, 1.165) is 17.0 Å². The van der Waals surface area contributed by atoms with Gasteiger partial charge >= 0.3 is 12.2 Å². The number of carbonyl (C=O) groups excluding carboxylic acids is 1. The lowest BCUT2D eigenvalue weighted by molar-refractivity contribution is -0.137. The van der Waals surface area contributed by atoms with Gasteiger partial charge in [-0.25, -0.2) is 4.79 Å². The molecule has 2 aromatic carbocycles. The first kappa shape index (κ1) is 16.2. The lowest BCUT2D eigenvalue weighted by Crippen LogP contribution is -2.32. The van der Waals surface area contributed by atoms with Crippen LogP contribution in [0.2, 0.25) is 0 Å². The van der Waals surface area contributed by atoms with Crippen LogP contribution in [0.25, 0.3) is 0 Å². The molecule has 3 N–H and O–H groups in total. The number of benzene rings is 2. The van der Waals surface area contributed by atoms with Gasteiger partial charge in [-0.05, 0) is 46.3 Å². The lowest BCUT2D eigenvalue weighted by Gasteiger charge is -2.23. The highest BCUT2D eigenvalue weighted by Crippen LogP contribution is 2.40. The molecule has 2 aromatic rings. The van der Waals surface area contributed by atoms with Crippen molar-refractivity contribution in [2.45, 2.75) is 6.18 Å². The molecule has 0 aromatic heterocycles. The monoisotopic (exact) mass is 374 g/mol. The molecule has 8 heteroatoms. The van der Waals surface area contributed by atoms with Crippen molar-refractivity contribution in [3.63, 3.8) is 0 Å². The SMILES string of the molecule is NC(=O)N(c1cc(C(F)(F)F)ccc1O)c1ccccc1Br. The largest absolute Gasteiger partial charge is 0.506 e. The Bertz CT molecular complexity index is 719. The Morgan fingerprint density at radius 2 is 1.77 bits per heavy atom. The van der Waals surface area contributed by atoms with Crippen LogP contribution >= 0.6 is 15.9 Å². The van der Waals surface area contributed by atoms with Crippen LogP contribution in [0.1, 0.15) is 5.56 Å². The van der Waals surface area contributed by atoms with Gasteiger partial charge in [0, 0.05) is 4.47 Å². The number of nitrogens with zero attached hydrogens (tertiary/aromatic N) is 1. The average molecular weight is 375 g/mol. The molecule has 22 heavy (non-hydrogen) atoms. The number of hydrogen-bond acceptors (Lipinski definition) is 2. The minimum Gasteiger partial charge on any atom is -0.506 e. The van der Waals surface area contributed by atoms with E-state index in [1.165, 1.54) is 6.07 Å². The second kappa shape index (κ2) is 5.88. The molecule has 0 bridgehead atoms. The molecule has 0 aliphatic rings. The molecule has 2 rings (SSSR count). The first-order valence-corrected chi connectivity index (χ1v) is 6.75. The Morgan fingerprint density at radius 1 is 1.14 bits per heavy atom. The highest BCUT2D eigenvalue weighted by atomic mass is 79.9. The second-order valence-corrected chi connectivity index (χ2v) is 5.18. The topological polar surface area (TPSA) is 66.6 Å². The highest BCUT2D eigenvalue weighted by Gasteiger charge is 2.32. The summed E-state index contributed by atoms with van der Waals surface area (Å²) in [7, 11) is 0. The summed E-state index contributed by atoms with van der Waals surface area (Å²) in [5.74, 6) is -0.498. The van der Waals surface area contributed by atoms with Crippen molar-refractivity contribution < 1.29 is 23.1 Å². The summed E-state index contributed by atoms with van der Waals surface area (Å²) in [6, 6.07) is 7.55. The molecule has 0 aliphatic carbocycles. The predicted molar refractivity (Wildman–Crippen MR) is 79.0 cm³/mol. The number of para-hydroxylation sites is 1. The number of halogens is 4. The zero-order valence-corrected chi connectivity index (χ0v) is 12.5. The summed E-state index contributed by atoms with van der Waals surface area (Å²) in [5.41, 5.74) is 4.13. The summed E-state index contributed by atoms with van der Waals surface area (Å²) < 4.78 is 38.9. The van der Waals surface area contributed by atoms with Gasteiger partial charge in [-0.15, -0.1) is 0 Å². The first-order chi connectivity index (χ1) is 10.2. The summed E-state index contributed by atoms with van der Waals surface area (Å²) in [6.07, 6.45) is -4.61. The van der Waals surface area contributed by atoms with Crippen LogP contribution in [-0.2, 0) is 6.18 Å². The molecular weight excluding hydrogens is 365 g/mol. The molecule has 0 radical (unpaired) electrons. The third kappa shape index (κ3) is 3.16. The van der Waals surface area contributed by atoms with Gasteiger partial charge in [0.25, 0.3) is 0 Å². The molecule has 0 unspecified atom stereocenters. The van der Waals surface area contributed by atoms with E-state index in [2.05, 4.69) is 15.9 Å². The number of hydrogen-bond donors (Lipinski definition) is 2. The predicted octanol–water partition coefficient (Wildman–Crippen LogP) is 4.39. The second-order valence-electron chi connectivity index (χ2n) is 4.33. The maximum Gasteiger partial charge on any atom is 0.416 e. The van der Waals surface area contributed by atoms with E-state index in [0.29, 0.717) is 10.5 Å². The molecule has 116 valence electrons. The van der Waals surface area contributed by atoms with Crippen molar-refractivity contribution in [2.75, 3.05) is 4.90 Å². The van der Waals surface area contributed by atoms with E-state index >= 15 is 0 Å². The fourth-order valence-electron chi connectivity index (χ4n) is 1.88. The van der Waals surface area contributed by atoms with Crippen LogP contribution < -0.4 is 10.6 Å². The Hall–Kier alpha value is -2.22. The third-order valence-electron chi connectivity index (χ3n) is 2.86. The smallest absolute Gasteiger partial charge is 0.416 e. The molecule has 0 saturated carbocycles. The van der Waals surface area contributed by atoms with Gasteiger partial charge in [-0.2, -0.15) is 13.2 Å². The van der Waals surface area contributed by atoms with Crippen LogP contribution in [0.15, 0.2) is 46.9 Å². The van der Waals surface area contributed by atoms with E-state index < -0.39 is 23.5 Å². The fourth-order valence-corrected chi connectivity index (χ4v) is 2.34. The van der Waals surface area contributed by atoms with Gasteiger partial charge in [-0.3, -0.25) is 4.90 Å². The number of nitrogens with two attached hydrogens (primary N) is 1. The molecule has 0 aliphatic heterocycles. The average Bonchev–Trinajstić information content (AvgIpc) is 2.41. The minimum absolute atomic E-state index is 0.213. The van der Waals surface area contributed by atoms with Crippen molar-refractivity contribution >= 4 is 33.3 Å². The number of anilines is 2. The number of rotatable bonds is 2. The molecule has 0 fully saturated rings. The van der Waals surface area contributed by atoms with Crippen LogP contribution in [0, 0.1) is 0 Å².